The van der Waals surface area contributed by atoms with Gasteiger partial charge in [-0.1, -0.05) is 67.4 Å². The molecule has 0 spiro atoms. The van der Waals surface area contributed by atoms with Crippen LogP contribution in [0.2, 0.25) is 0 Å². The lowest BCUT2D eigenvalue weighted by molar-refractivity contribution is 0.700. The molecule has 0 radical (unpaired) electrons. The van der Waals surface area contributed by atoms with Gasteiger partial charge < -0.3 is 0 Å². The van der Waals surface area contributed by atoms with E-state index in [1.165, 1.54) is 0 Å². The van der Waals surface area contributed by atoms with E-state index in [0.717, 1.165) is 24.0 Å². The van der Waals surface area contributed by atoms with Crippen LogP contribution < -0.4 is 0 Å². The summed E-state index contributed by atoms with van der Waals surface area (Å²) in [6.45, 7) is 4.00. The summed E-state index contributed by atoms with van der Waals surface area (Å²) in [7, 11) is 0. The van der Waals surface area contributed by atoms with E-state index in [2.05, 4.69) is 6.92 Å². The number of halogens is 2. The first-order valence-electron chi connectivity index (χ1n) is 6.83. The van der Waals surface area contributed by atoms with Crippen molar-refractivity contribution in [3.63, 3.8) is 0 Å². The van der Waals surface area contributed by atoms with Crippen LogP contribution in [0.15, 0.2) is 48.5 Å². The van der Waals surface area contributed by atoms with Gasteiger partial charge in [-0.15, -0.1) is 0 Å². The van der Waals surface area contributed by atoms with Gasteiger partial charge in [-0.25, -0.2) is 8.78 Å². The highest BCUT2D eigenvalue weighted by molar-refractivity contribution is 5.83. The summed E-state index contributed by atoms with van der Waals surface area (Å²) in [6.07, 6.45) is 1.99. The number of aryl methyl sites for hydroxylation is 2. The Morgan fingerprint density at radius 1 is 0.800 bits per heavy atom. The first-order chi connectivity index (χ1) is 9.61. The molecule has 0 aliphatic heterocycles. The number of hydrogen-bond donors (Lipinski definition) is 0. The molecular formula is C18H18F2. The molecule has 0 aliphatic carbocycles. The van der Waals surface area contributed by atoms with Gasteiger partial charge in [0.25, 0.3) is 0 Å². The van der Waals surface area contributed by atoms with Crippen LogP contribution in [0, 0.1) is 6.92 Å². The van der Waals surface area contributed by atoms with Crippen LogP contribution >= 0.6 is 0 Å². The fraction of sp³-hybridized carbons (Fsp3) is 0.222. The molecule has 0 nitrogen and oxygen atoms in total. The predicted octanol–water partition coefficient (Wildman–Crippen LogP) is 5.71. The van der Waals surface area contributed by atoms with Gasteiger partial charge >= 0.3 is 0 Å². The molecule has 0 unspecified atom stereocenters. The molecule has 0 amide bonds. The molecule has 2 aromatic rings. The average Bonchev–Trinajstić information content (AvgIpc) is 2.48. The van der Waals surface area contributed by atoms with Crippen molar-refractivity contribution in [3.05, 3.63) is 70.8 Å². The molecule has 2 aromatic carbocycles. The molecule has 0 bridgehead atoms. The van der Waals surface area contributed by atoms with Gasteiger partial charge in [-0.2, -0.15) is 0 Å². The van der Waals surface area contributed by atoms with Crippen LogP contribution in [0.3, 0.4) is 0 Å². The van der Waals surface area contributed by atoms with Crippen LogP contribution in [0.25, 0.3) is 11.7 Å². The molecule has 2 heteroatoms. The fourth-order valence-corrected chi connectivity index (χ4v) is 2.06. The maximum atomic E-state index is 14.1. The summed E-state index contributed by atoms with van der Waals surface area (Å²) < 4.78 is 28.2. The SMILES string of the molecule is CCCc1ccc(/C(F)=C(\F)c2ccc(C)cc2)cc1. The predicted molar refractivity (Wildman–Crippen MR) is 80.6 cm³/mol. The Hall–Kier alpha value is -1.96. The first kappa shape index (κ1) is 14.4. The smallest absolute Gasteiger partial charge is 0.166 e. The van der Waals surface area contributed by atoms with Gasteiger partial charge in [0.05, 0.1) is 0 Å². The topological polar surface area (TPSA) is 0 Å². The average molecular weight is 272 g/mol. The second kappa shape index (κ2) is 6.47. The summed E-state index contributed by atoms with van der Waals surface area (Å²) in [5.74, 6) is -1.62. The van der Waals surface area contributed by atoms with Gasteiger partial charge in [0.15, 0.2) is 11.7 Å². The van der Waals surface area contributed by atoms with Gasteiger partial charge in [0.2, 0.25) is 0 Å². The summed E-state index contributed by atoms with van der Waals surface area (Å²) in [4.78, 5) is 0. The van der Waals surface area contributed by atoms with Gasteiger partial charge in [-0.3, -0.25) is 0 Å². The number of rotatable bonds is 4. The normalized spacial score (nSPS) is 12.2. The Morgan fingerprint density at radius 2 is 1.25 bits per heavy atom. The second-order valence-electron chi connectivity index (χ2n) is 4.94. The fourth-order valence-electron chi connectivity index (χ4n) is 2.06. The Kier molecular flexibility index (Phi) is 4.67. The van der Waals surface area contributed by atoms with E-state index in [-0.39, 0.29) is 11.1 Å². The molecule has 0 fully saturated rings. The van der Waals surface area contributed by atoms with Gasteiger partial charge in [0, 0.05) is 11.1 Å². The second-order valence-corrected chi connectivity index (χ2v) is 4.94. The van der Waals surface area contributed by atoms with Crippen LogP contribution in [0.4, 0.5) is 8.78 Å². The summed E-state index contributed by atoms with van der Waals surface area (Å²) in [5.41, 5.74) is 2.71. The minimum atomic E-state index is -0.812. The van der Waals surface area contributed by atoms with E-state index >= 15 is 0 Å². The van der Waals surface area contributed by atoms with Crippen molar-refractivity contribution < 1.29 is 8.78 Å². The minimum Gasteiger partial charge on any atom is -0.203 e. The first-order valence-corrected chi connectivity index (χ1v) is 6.83. The van der Waals surface area contributed by atoms with E-state index in [1.54, 1.807) is 36.4 Å². The zero-order valence-corrected chi connectivity index (χ0v) is 11.8. The van der Waals surface area contributed by atoms with Crippen LogP contribution in [-0.4, -0.2) is 0 Å². The Morgan fingerprint density at radius 3 is 1.70 bits per heavy atom. The highest BCUT2D eigenvalue weighted by Crippen LogP contribution is 2.29. The molecule has 0 atom stereocenters. The zero-order valence-electron chi connectivity index (χ0n) is 11.8. The van der Waals surface area contributed by atoms with E-state index in [1.807, 2.05) is 19.1 Å². The van der Waals surface area contributed by atoms with Crippen molar-refractivity contribution in [2.75, 3.05) is 0 Å². The van der Waals surface area contributed by atoms with Crippen molar-refractivity contribution in [2.45, 2.75) is 26.7 Å². The molecule has 0 aromatic heterocycles. The lowest BCUT2D eigenvalue weighted by Crippen LogP contribution is -1.87. The molecule has 0 aliphatic rings. The Bertz CT molecular complexity index is 592. The molecule has 0 saturated heterocycles. The third kappa shape index (κ3) is 3.32. The van der Waals surface area contributed by atoms with Gasteiger partial charge in [-0.05, 0) is 18.9 Å². The zero-order chi connectivity index (χ0) is 14.5. The monoisotopic (exact) mass is 272 g/mol. The van der Waals surface area contributed by atoms with E-state index in [0.29, 0.717) is 0 Å². The van der Waals surface area contributed by atoms with Crippen LogP contribution in [-0.2, 0) is 6.42 Å². The van der Waals surface area contributed by atoms with Crippen molar-refractivity contribution in [1.29, 1.82) is 0 Å². The van der Waals surface area contributed by atoms with E-state index in [4.69, 9.17) is 0 Å². The van der Waals surface area contributed by atoms with Crippen molar-refractivity contribution in [2.24, 2.45) is 0 Å². The van der Waals surface area contributed by atoms with E-state index < -0.39 is 11.7 Å². The van der Waals surface area contributed by atoms with Crippen molar-refractivity contribution in [3.8, 4) is 0 Å². The molecule has 0 heterocycles. The summed E-state index contributed by atoms with van der Waals surface area (Å²) >= 11 is 0. The highest BCUT2D eigenvalue weighted by atomic mass is 19.2. The van der Waals surface area contributed by atoms with Crippen molar-refractivity contribution in [1.82, 2.24) is 0 Å². The lowest BCUT2D eigenvalue weighted by Gasteiger charge is -2.04. The van der Waals surface area contributed by atoms with Gasteiger partial charge in [0.1, 0.15) is 0 Å². The third-order valence-electron chi connectivity index (χ3n) is 3.24. The quantitative estimate of drug-likeness (QED) is 0.625. The Labute approximate surface area is 118 Å². The summed E-state index contributed by atoms with van der Waals surface area (Å²) in [5, 5.41) is 0. The number of benzene rings is 2. The maximum Gasteiger partial charge on any atom is 0.166 e. The lowest BCUT2D eigenvalue weighted by atomic mass is 10.0. The molecule has 0 saturated carbocycles. The van der Waals surface area contributed by atoms with Crippen LogP contribution in [0.5, 0.6) is 0 Å². The largest absolute Gasteiger partial charge is 0.203 e. The van der Waals surface area contributed by atoms with Crippen molar-refractivity contribution >= 4 is 11.7 Å². The number of hydrogen-bond acceptors (Lipinski definition) is 0. The molecule has 0 N–H and O–H groups in total. The summed E-state index contributed by atoms with van der Waals surface area (Å²) in [6, 6.07) is 13.7. The third-order valence-corrected chi connectivity index (χ3v) is 3.24. The molecule has 104 valence electrons. The molecule has 20 heavy (non-hydrogen) atoms. The molecule has 2 rings (SSSR count). The maximum absolute atomic E-state index is 14.1. The minimum absolute atomic E-state index is 0.269. The standard InChI is InChI=1S/C18H18F2/c1-3-4-14-7-11-16(12-8-14)18(20)17(19)15-9-5-13(2)6-10-15/h5-12H,3-4H2,1-2H3/b18-17+. The van der Waals surface area contributed by atoms with Crippen LogP contribution in [0.1, 0.15) is 35.6 Å². The highest BCUT2D eigenvalue weighted by Gasteiger charge is 2.11. The Balaban J connectivity index is 2.30. The molecular weight excluding hydrogens is 254 g/mol. The van der Waals surface area contributed by atoms with E-state index in [9.17, 15) is 8.78 Å².